The summed E-state index contributed by atoms with van der Waals surface area (Å²) in [5.41, 5.74) is 4.68. The first kappa shape index (κ1) is 15.0. The van der Waals surface area contributed by atoms with E-state index in [4.69, 9.17) is 0 Å². The summed E-state index contributed by atoms with van der Waals surface area (Å²) in [6.07, 6.45) is 3.01. The van der Waals surface area contributed by atoms with Crippen molar-refractivity contribution in [2.24, 2.45) is 5.10 Å². The van der Waals surface area contributed by atoms with Gasteiger partial charge in [0.1, 0.15) is 11.2 Å². The van der Waals surface area contributed by atoms with Gasteiger partial charge in [0, 0.05) is 22.6 Å². The molecule has 3 aromatic rings. The van der Waals surface area contributed by atoms with Crippen LogP contribution < -0.4 is 5.43 Å². The molecule has 8 heteroatoms. The van der Waals surface area contributed by atoms with E-state index in [-0.39, 0.29) is 5.69 Å². The summed E-state index contributed by atoms with van der Waals surface area (Å²) in [5.74, 6) is 0.624. The Kier molecular flexibility index (Phi) is 3.98. The minimum absolute atomic E-state index is 0.0303. The third kappa shape index (κ3) is 3.02. The van der Waals surface area contributed by atoms with Gasteiger partial charge in [-0.2, -0.15) is 5.10 Å². The number of fused-ring (bicyclic) bond motifs is 1. The van der Waals surface area contributed by atoms with Gasteiger partial charge in [-0.25, -0.2) is 9.97 Å². The van der Waals surface area contributed by atoms with Crippen molar-refractivity contribution in [3.05, 3.63) is 56.7 Å². The smallest absolute Gasteiger partial charge is 0.261 e. The van der Waals surface area contributed by atoms with Gasteiger partial charge in [-0.3, -0.25) is 15.5 Å². The first-order valence-corrected chi connectivity index (χ1v) is 7.62. The summed E-state index contributed by atoms with van der Waals surface area (Å²) in [4.78, 5) is 20.9. The number of aryl methyl sites for hydroxylation is 2. The van der Waals surface area contributed by atoms with Crippen molar-refractivity contribution >= 4 is 39.3 Å². The van der Waals surface area contributed by atoms with Crippen LogP contribution in [0.15, 0.2) is 35.7 Å². The molecule has 0 saturated heterocycles. The number of benzene rings is 1. The number of non-ortho nitro benzene ring substituents is 1. The minimum atomic E-state index is -0.434. The fraction of sp³-hybridized carbons (Fsp3) is 0.133. The van der Waals surface area contributed by atoms with Gasteiger partial charge in [-0.1, -0.05) is 12.1 Å². The molecule has 1 aromatic carbocycles. The topological polar surface area (TPSA) is 93.3 Å². The van der Waals surface area contributed by atoms with Crippen LogP contribution in [-0.2, 0) is 0 Å². The molecule has 2 aromatic heterocycles. The predicted octanol–water partition coefficient (Wildman–Crippen LogP) is 3.66. The highest BCUT2D eigenvalue weighted by Gasteiger charge is 2.11. The SMILES string of the molecule is Cc1sc2ncnc(N/N=C\c3cccc([N+](=O)[O-])c3)c2c1C. The number of hydrogen-bond donors (Lipinski definition) is 1. The lowest BCUT2D eigenvalue weighted by molar-refractivity contribution is -0.384. The highest BCUT2D eigenvalue weighted by molar-refractivity contribution is 7.18. The third-order valence-electron chi connectivity index (χ3n) is 3.43. The first-order valence-electron chi connectivity index (χ1n) is 6.80. The Labute approximate surface area is 135 Å². The van der Waals surface area contributed by atoms with Crippen LogP contribution in [0, 0.1) is 24.0 Å². The number of hydrogen-bond acceptors (Lipinski definition) is 7. The van der Waals surface area contributed by atoms with E-state index in [0.29, 0.717) is 11.4 Å². The van der Waals surface area contributed by atoms with Crippen LogP contribution in [0.1, 0.15) is 16.0 Å². The van der Waals surface area contributed by atoms with E-state index in [9.17, 15) is 10.1 Å². The Bertz CT molecular complexity index is 919. The van der Waals surface area contributed by atoms with Gasteiger partial charge in [-0.15, -0.1) is 11.3 Å². The van der Waals surface area contributed by atoms with Crippen molar-refractivity contribution in [3.63, 3.8) is 0 Å². The molecule has 0 spiro atoms. The zero-order valence-corrected chi connectivity index (χ0v) is 13.3. The van der Waals surface area contributed by atoms with Crippen LogP contribution in [0.4, 0.5) is 11.5 Å². The second-order valence-electron chi connectivity index (χ2n) is 4.91. The molecule has 0 atom stereocenters. The van der Waals surface area contributed by atoms with Crippen LogP contribution >= 0.6 is 11.3 Å². The Morgan fingerprint density at radius 1 is 1.35 bits per heavy atom. The van der Waals surface area contributed by atoms with Crippen molar-refractivity contribution in [2.45, 2.75) is 13.8 Å². The molecule has 0 amide bonds. The first-order chi connectivity index (χ1) is 11.1. The van der Waals surface area contributed by atoms with E-state index in [2.05, 4.69) is 20.5 Å². The maximum atomic E-state index is 10.8. The number of thiophene rings is 1. The summed E-state index contributed by atoms with van der Waals surface area (Å²) in [6, 6.07) is 6.26. The molecule has 116 valence electrons. The molecule has 1 N–H and O–H groups in total. The molecule has 0 saturated carbocycles. The molecule has 2 heterocycles. The molecule has 0 radical (unpaired) electrons. The van der Waals surface area contributed by atoms with Crippen molar-refractivity contribution in [2.75, 3.05) is 5.43 Å². The molecule has 0 unspecified atom stereocenters. The van der Waals surface area contributed by atoms with Crippen LogP contribution in [0.3, 0.4) is 0 Å². The molecule has 3 rings (SSSR count). The normalized spacial score (nSPS) is 11.2. The molecule has 0 aliphatic heterocycles. The monoisotopic (exact) mass is 327 g/mol. The van der Waals surface area contributed by atoms with Crippen LogP contribution in [-0.4, -0.2) is 21.1 Å². The predicted molar refractivity (Wildman–Crippen MR) is 91.2 cm³/mol. The fourth-order valence-corrected chi connectivity index (χ4v) is 3.15. The lowest BCUT2D eigenvalue weighted by atomic mass is 10.2. The van der Waals surface area contributed by atoms with Crippen molar-refractivity contribution in [1.82, 2.24) is 9.97 Å². The number of hydrazone groups is 1. The number of aromatic nitrogens is 2. The van der Waals surface area contributed by atoms with Gasteiger partial charge in [0.2, 0.25) is 0 Å². The van der Waals surface area contributed by atoms with E-state index in [1.807, 2.05) is 13.8 Å². The van der Waals surface area contributed by atoms with E-state index in [1.165, 1.54) is 29.6 Å². The van der Waals surface area contributed by atoms with Gasteiger partial charge < -0.3 is 0 Å². The summed E-state index contributed by atoms with van der Waals surface area (Å²) in [6.45, 7) is 4.06. The molecule has 7 nitrogen and oxygen atoms in total. The van der Waals surface area contributed by atoms with Crippen LogP contribution in [0.25, 0.3) is 10.2 Å². The van der Waals surface area contributed by atoms with Crippen molar-refractivity contribution < 1.29 is 4.92 Å². The Morgan fingerprint density at radius 2 is 2.17 bits per heavy atom. The Balaban J connectivity index is 1.86. The maximum Gasteiger partial charge on any atom is 0.270 e. The van der Waals surface area contributed by atoms with Gasteiger partial charge in [-0.05, 0) is 19.4 Å². The molecular weight excluding hydrogens is 314 g/mol. The largest absolute Gasteiger partial charge is 0.270 e. The van der Waals surface area contributed by atoms with Crippen molar-refractivity contribution in [3.8, 4) is 0 Å². The number of nitrogens with one attached hydrogen (secondary N) is 1. The van der Waals surface area contributed by atoms with Gasteiger partial charge >= 0.3 is 0 Å². The summed E-state index contributed by atoms with van der Waals surface area (Å²) in [5, 5.41) is 15.8. The zero-order valence-electron chi connectivity index (χ0n) is 12.5. The second kappa shape index (κ2) is 6.09. The number of nitro groups is 1. The molecular formula is C15H13N5O2S. The number of anilines is 1. The van der Waals surface area contributed by atoms with Gasteiger partial charge in [0.05, 0.1) is 16.5 Å². The molecule has 0 fully saturated rings. The van der Waals surface area contributed by atoms with Gasteiger partial charge in [0.25, 0.3) is 5.69 Å². The molecule has 23 heavy (non-hydrogen) atoms. The van der Waals surface area contributed by atoms with Crippen molar-refractivity contribution in [1.29, 1.82) is 0 Å². The maximum absolute atomic E-state index is 10.8. The van der Waals surface area contributed by atoms with E-state index in [1.54, 1.807) is 23.5 Å². The summed E-state index contributed by atoms with van der Waals surface area (Å²) in [7, 11) is 0. The van der Waals surface area contributed by atoms with Gasteiger partial charge in [0.15, 0.2) is 5.82 Å². The minimum Gasteiger partial charge on any atom is -0.261 e. The molecule has 0 aliphatic carbocycles. The fourth-order valence-electron chi connectivity index (χ4n) is 2.15. The highest BCUT2D eigenvalue weighted by atomic mass is 32.1. The highest BCUT2D eigenvalue weighted by Crippen LogP contribution is 2.32. The number of nitrogens with zero attached hydrogens (tertiary/aromatic N) is 4. The molecule has 0 aliphatic rings. The van der Waals surface area contributed by atoms with Crippen LogP contribution in [0.5, 0.6) is 0 Å². The summed E-state index contributed by atoms with van der Waals surface area (Å²) < 4.78 is 0. The lowest BCUT2D eigenvalue weighted by Crippen LogP contribution is -1.96. The lowest BCUT2D eigenvalue weighted by Gasteiger charge is -2.01. The number of nitro benzene ring substituents is 1. The average molecular weight is 327 g/mol. The van der Waals surface area contributed by atoms with E-state index in [0.717, 1.165) is 15.8 Å². The average Bonchev–Trinajstić information content (AvgIpc) is 2.83. The second-order valence-corrected chi connectivity index (χ2v) is 6.11. The summed E-state index contributed by atoms with van der Waals surface area (Å²) >= 11 is 1.61. The van der Waals surface area contributed by atoms with E-state index >= 15 is 0 Å². The zero-order chi connectivity index (χ0) is 16.4. The quantitative estimate of drug-likeness (QED) is 0.448. The Morgan fingerprint density at radius 3 is 2.96 bits per heavy atom. The number of rotatable bonds is 4. The standard InChI is InChI=1S/C15H13N5O2S/c1-9-10(2)23-15-13(9)14(16-8-17-15)19-18-7-11-4-3-5-12(6-11)20(21)22/h3-8H,1-2H3,(H,16,17,19)/b18-7-. The Hall–Kier alpha value is -2.87. The van der Waals surface area contributed by atoms with Crippen LogP contribution in [0.2, 0.25) is 0 Å². The third-order valence-corrected chi connectivity index (χ3v) is 4.55. The molecule has 0 bridgehead atoms. The van der Waals surface area contributed by atoms with E-state index < -0.39 is 4.92 Å².